The van der Waals surface area contributed by atoms with Gasteiger partial charge in [-0.25, -0.2) is 4.98 Å². The van der Waals surface area contributed by atoms with Crippen molar-refractivity contribution in [1.82, 2.24) is 9.38 Å². The summed E-state index contributed by atoms with van der Waals surface area (Å²) in [6.45, 7) is 2.07. The summed E-state index contributed by atoms with van der Waals surface area (Å²) in [6.07, 6.45) is 1.98. The number of imidazole rings is 1. The Labute approximate surface area is 92.1 Å². The molecule has 3 rings (SSSR count). The number of aryl methyl sites for hydroxylation is 1. The zero-order chi connectivity index (χ0) is 10.4. The summed E-state index contributed by atoms with van der Waals surface area (Å²) in [7, 11) is 0. The fourth-order valence-corrected chi connectivity index (χ4v) is 2.02. The van der Waals surface area contributed by atoms with Crippen LogP contribution in [0.15, 0.2) is 36.5 Å². The van der Waals surface area contributed by atoms with Crippen molar-refractivity contribution in [3.8, 4) is 0 Å². The average molecular weight is 217 g/mol. The number of pyridine rings is 1. The molecule has 0 bridgehead atoms. The Kier molecular flexibility index (Phi) is 1.73. The molecule has 0 saturated heterocycles. The van der Waals surface area contributed by atoms with Gasteiger partial charge in [-0.2, -0.15) is 0 Å². The van der Waals surface area contributed by atoms with Crippen LogP contribution in [0.2, 0.25) is 5.02 Å². The third kappa shape index (κ3) is 1.22. The Balaban J connectivity index is 2.58. The summed E-state index contributed by atoms with van der Waals surface area (Å²) in [6, 6.07) is 9.98. The van der Waals surface area contributed by atoms with Crippen molar-refractivity contribution in [2.24, 2.45) is 0 Å². The summed E-state index contributed by atoms with van der Waals surface area (Å²) < 4.78 is 2.02. The van der Waals surface area contributed by atoms with Crippen molar-refractivity contribution < 1.29 is 0 Å². The Morgan fingerprint density at radius 3 is 3.00 bits per heavy atom. The lowest BCUT2D eigenvalue weighted by Crippen LogP contribution is -1.83. The van der Waals surface area contributed by atoms with Crippen molar-refractivity contribution in [3.05, 3.63) is 47.1 Å². The van der Waals surface area contributed by atoms with Gasteiger partial charge in [0.05, 0.1) is 16.1 Å². The number of aromatic nitrogens is 2. The summed E-state index contributed by atoms with van der Waals surface area (Å²) in [5, 5.41) is 0.686. The number of fused-ring (bicyclic) bond motifs is 3. The second kappa shape index (κ2) is 2.97. The molecule has 1 aromatic carbocycles. The smallest absolute Gasteiger partial charge is 0.156 e. The standard InChI is InChI=1S/C12H9ClN2/c1-8-4-5-10-11(7-8)15-6-2-3-9(13)12(15)14-10/h2-7H,1H3. The van der Waals surface area contributed by atoms with Gasteiger partial charge in [0, 0.05) is 6.20 Å². The maximum Gasteiger partial charge on any atom is 0.156 e. The number of halogens is 1. The molecule has 0 saturated carbocycles. The number of benzene rings is 1. The zero-order valence-corrected chi connectivity index (χ0v) is 8.99. The van der Waals surface area contributed by atoms with Gasteiger partial charge in [0.25, 0.3) is 0 Å². The van der Waals surface area contributed by atoms with Crippen LogP contribution in [0, 0.1) is 6.92 Å². The first-order valence-corrected chi connectivity index (χ1v) is 5.16. The highest BCUT2D eigenvalue weighted by Crippen LogP contribution is 2.22. The van der Waals surface area contributed by atoms with E-state index in [1.807, 2.05) is 28.8 Å². The molecular weight excluding hydrogens is 208 g/mol. The Morgan fingerprint density at radius 1 is 1.27 bits per heavy atom. The van der Waals surface area contributed by atoms with Gasteiger partial charge in [-0.15, -0.1) is 0 Å². The van der Waals surface area contributed by atoms with E-state index in [1.165, 1.54) is 5.56 Å². The van der Waals surface area contributed by atoms with Gasteiger partial charge >= 0.3 is 0 Å². The van der Waals surface area contributed by atoms with Crippen LogP contribution in [0.5, 0.6) is 0 Å². The summed E-state index contributed by atoms with van der Waals surface area (Å²) in [4.78, 5) is 4.49. The first-order chi connectivity index (χ1) is 7.25. The minimum absolute atomic E-state index is 0.686. The molecule has 74 valence electrons. The molecule has 0 aliphatic heterocycles. The second-order valence-corrected chi connectivity index (χ2v) is 4.06. The van der Waals surface area contributed by atoms with Gasteiger partial charge in [0.1, 0.15) is 0 Å². The molecule has 0 N–H and O–H groups in total. The third-order valence-corrected chi connectivity index (χ3v) is 2.83. The molecule has 0 atom stereocenters. The predicted molar refractivity (Wildman–Crippen MR) is 62.4 cm³/mol. The summed E-state index contributed by atoms with van der Waals surface area (Å²) >= 11 is 6.08. The molecular formula is C12H9ClN2. The molecule has 3 aromatic rings. The van der Waals surface area contributed by atoms with E-state index in [4.69, 9.17) is 11.6 Å². The van der Waals surface area contributed by atoms with Crippen molar-refractivity contribution >= 4 is 28.3 Å². The SMILES string of the molecule is Cc1ccc2nc3c(Cl)cccn3c2c1. The van der Waals surface area contributed by atoms with E-state index >= 15 is 0 Å². The molecule has 15 heavy (non-hydrogen) atoms. The van der Waals surface area contributed by atoms with Crippen molar-refractivity contribution in [1.29, 1.82) is 0 Å². The van der Waals surface area contributed by atoms with Crippen LogP contribution in [0.3, 0.4) is 0 Å². The van der Waals surface area contributed by atoms with Crippen LogP contribution in [-0.4, -0.2) is 9.38 Å². The predicted octanol–water partition coefficient (Wildman–Crippen LogP) is 3.45. The lowest BCUT2D eigenvalue weighted by atomic mass is 10.2. The van der Waals surface area contributed by atoms with Crippen molar-refractivity contribution in [2.75, 3.05) is 0 Å². The highest BCUT2D eigenvalue weighted by Gasteiger charge is 2.06. The molecule has 0 unspecified atom stereocenters. The van der Waals surface area contributed by atoms with E-state index < -0.39 is 0 Å². The lowest BCUT2D eigenvalue weighted by Gasteiger charge is -1.96. The Bertz CT molecular complexity index is 655. The molecule has 2 nitrogen and oxygen atoms in total. The van der Waals surface area contributed by atoms with Crippen molar-refractivity contribution in [2.45, 2.75) is 6.92 Å². The first-order valence-electron chi connectivity index (χ1n) is 4.78. The zero-order valence-electron chi connectivity index (χ0n) is 8.24. The maximum absolute atomic E-state index is 6.08. The highest BCUT2D eigenvalue weighted by atomic mass is 35.5. The van der Waals surface area contributed by atoms with E-state index in [9.17, 15) is 0 Å². The molecule has 0 aliphatic carbocycles. The molecule has 2 heterocycles. The van der Waals surface area contributed by atoms with Crippen LogP contribution in [0.4, 0.5) is 0 Å². The highest BCUT2D eigenvalue weighted by molar-refractivity contribution is 6.33. The minimum atomic E-state index is 0.686. The Hall–Kier alpha value is -1.54. The van der Waals surface area contributed by atoms with Crippen LogP contribution in [0.1, 0.15) is 5.56 Å². The molecule has 0 spiro atoms. The lowest BCUT2D eigenvalue weighted by molar-refractivity contribution is 1.22. The van der Waals surface area contributed by atoms with E-state index in [-0.39, 0.29) is 0 Å². The molecule has 0 aliphatic rings. The monoisotopic (exact) mass is 216 g/mol. The topological polar surface area (TPSA) is 17.3 Å². The number of rotatable bonds is 0. The van der Waals surface area contributed by atoms with E-state index in [0.29, 0.717) is 5.02 Å². The van der Waals surface area contributed by atoms with Crippen LogP contribution >= 0.6 is 11.6 Å². The number of hydrogen-bond acceptors (Lipinski definition) is 1. The fourth-order valence-electron chi connectivity index (χ4n) is 1.81. The molecule has 0 fully saturated rings. The third-order valence-electron chi connectivity index (χ3n) is 2.54. The van der Waals surface area contributed by atoms with Gasteiger partial charge < -0.3 is 0 Å². The van der Waals surface area contributed by atoms with Gasteiger partial charge in [-0.05, 0) is 36.8 Å². The van der Waals surface area contributed by atoms with Crippen LogP contribution < -0.4 is 0 Å². The fraction of sp³-hybridized carbons (Fsp3) is 0.0833. The number of hydrogen-bond donors (Lipinski definition) is 0. The van der Waals surface area contributed by atoms with Gasteiger partial charge in [-0.1, -0.05) is 17.7 Å². The first kappa shape index (κ1) is 8.74. The van der Waals surface area contributed by atoms with Crippen LogP contribution in [-0.2, 0) is 0 Å². The minimum Gasteiger partial charge on any atom is -0.298 e. The normalized spacial score (nSPS) is 11.3. The van der Waals surface area contributed by atoms with E-state index in [2.05, 4.69) is 24.0 Å². The molecule has 0 amide bonds. The maximum atomic E-state index is 6.08. The Morgan fingerprint density at radius 2 is 2.13 bits per heavy atom. The molecule has 0 radical (unpaired) electrons. The largest absolute Gasteiger partial charge is 0.298 e. The van der Waals surface area contributed by atoms with Gasteiger partial charge in [0.2, 0.25) is 0 Å². The quantitative estimate of drug-likeness (QED) is 0.563. The molecule has 3 heteroatoms. The van der Waals surface area contributed by atoms with Gasteiger partial charge in [0.15, 0.2) is 5.65 Å². The van der Waals surface area contributed by atoms with E-state index in [0.717, 1.165) is 16.7 Å². The average Bonchev–Trinajstić information content (AvgIpc) is 2.58. The summed E-state index contributed by atoms with van der Waals surface area (Å²) in [5.74, 6) is 0. The second-order valence-electron chi connectivity index (χ2n) is 3.65. The number of nitrogens with zero attached hydrogens (tertiary/aromatic N) is 2. The van der Waals surface area contributed by atoms with Crippen molar-refractivity contribution in [3.63, 3.8) is 0 Å². The van der Waals surface area contributed by atoms with E-state index in [1.54, 1.807) is 0 Å². The van der Waals surface area contributed by atoms with Gasteiger partial charge in [-0.3, -0.25) is 4.40 Å². The summed E-state index contributed by atoms with van der Waals surface area (Å²) in [5.41, 5.74) is 4.13. The molecule has 2 aromatic heterocycles. The van der Waals surface area contributed by atoms with Crippen LogP contribution in [0.25, 0.3) is 16.7 Å².